The molecule has 1 aromatic heterocycles. The molecule has 9 heteroatoms. The van der Waals surface area contributed by atoms with Gasteiger partial charge in [-0.3, -0.25) is 10.1 Å². The van der Waals surface area contributed by atoms with Gasteiger partial charge in [0.2, 0.25) is 0 Å². The summed E-state index contributed by atoms with van der Waals surface area (Å²) < 4.78 is 4.92. The Morgan fingerprint density at radius 1 is 1.11 bits per heavy atom. The number of esters is 1. The fourth-order valence-corrected chi connectivity index (χ4v) is 3.65. The Bertz CT molecular complexity index is 703. The smallest absolute Gasteiger partial charge is 0.359 e. The van der Waals surface area contributed by atoms with Gasteiger partial charge < -0.3 is 15.0 Å². The lowest BCUT2D eigenvalue weighted by atomic mass is 9.86. The molecule has 0 bridgehead atoms. The van der Waals surface area contributed by atoms with Gasteiger partial charge in [-0.2, -0.15) is 0 Å². The van der Waals surface area contributed by atoms with E-state index in [2.05, 4.69) is 32.7 Å². The van der Waals surface area contributed by atoms with Gasteiger partial charge in [0.15, 0.2) is 18.1 Å². The van der Waals surface area contributed by atoms with Gasteiger partial charge in [0, 0.05) is 19.1 Å². The number of rotatable bonds is 5. The van der Waals surface area contributed by atoms with Crippen molar-refractivity contribution in [3.8, 4) is 0 Å². The Morgan fingerprint density at radius 3 is 2.54 bits per heavy atom. The molecule has 2 atom stereocenters. The van der Waals surface area contributed by atoms with Crippen LogP contribution in [-0.4, -0.2) is 53.8 Å². The van der Waals surface area contributed by atoms with Crippen molar-refractivity contribution in [2.45, 2.75) is 51.5 Å². The number of amides is 3. The van der Waals surface area contributed by atoms with Crippen LogP contribution in [0.15, 0.2) is 12.1 Å². The summed E-state index contributed by atoms with van der Waals surface area (Å²) in [7, 11) is 0. The first-order chi connectivity index (χ1) is 13.5. The number of carbonyl (C=O) groups is 3. The summed E-state index contributed by atoms with van der Waals surface area (Å²) in [6.45, 7) is 3.40. The summed E-state index contributed by atoms with van der Waals surface area (Å²) in [4.78, 5) is 37.9. The van der Waals surface area contributed by atoms with Gasteiger partial charge >= 0.3 is 12.0 Å². The van der Waals surface area contributed by atoms with E-state index in [0.717, 1.165) is 57.4 Å². The SMILES string of the molecule is CC1CCCCC1NC(=O)NC(=O)COC(=O)c1ccc(N2CCCC2)nn1. The van der Waals surface area contributed by atoms with Crippen LogP contribution in [0.4, 0.5) is 10.6 Å². The average molecular weight is 389 g/mol. The van der Waals surface area contributed by atoms with Gasteiger partial charge in [0.1, 0.15) is 0 Å². The molecule has 9 nitrogen and oxygen atoms in total. The summed E-state index contributed by atoms with van der Waals surface area (Å²) in [5.74, 6) is -0.331. The maximum Gasteiger partial charge on any atom is 0.359 e. The van der Waals surface area contributed by atoms with Crippen molar-refractivity contribution in [3.05, 3.63) is 17.8 Å². The van der Waals surface area contributed by atoms with Crippen LogP contribution in [0.1, 0.15) is 55.9 Å². The van der Waals surface area contributed by atoms with Crippen molar-refractivity contribution in [1.82, 2.24) is 20.8 Å². The van der Waals surface area contributed by atoms with Crippen LogP contribution in [0.2, 0.25) is 0 Å². The minimum Gasteiger partial charge on any atom is -0.451 e. The molecule has 2 aliphatic rings. The zero-order valence-corrected chi connectivity index (χ0v) is 16.1. The normalized spacial score (nSPS) is 21.8. The Kier molecular flexibility index (Phi) is 6.78. The summed E-state index contributed by atoms with van der Waals surface area (Å²) >= 11 is 0. The number of hydrogen-bond donors (Lipinski definition) is 2. The van der Waals surface area contributed by atoms with E-state index < -0.39 is 24.5 Å². The molecule has 1 saturated carbocycles. The first-order valence-electron chi connectivity index (χ1n) is 9.89. The molecule has 0 aromatic carbocycles. The van der Waals surface area contributed by atoms with Gasteiger partial charge in [0.25, 0.3) is 5.91 Å². The van der Waals surface area contributed by atoms with Crippen LogP contribution in [0.25, 0.3) is 0 Å². The molecule has 3 amide bonds. The van der Waals surface area contributed by atoms with Crippen molar-refractivity contribution in [2.75, 3.05) is 24.6 Å². The number of aromatic nitrogens is 2. The second-order valence-electron chi connectivity index (χ2n) is 7.44. The van der Waals surface area contributed by atoms with Crippen LogP contribution in [0.3, 0.4) is 0 Å². The van der Waals surface area contributed by atoms with Crippen molar-refractivity contribution in [1.29, 1.82) is 0 Å². The zero-order valence-electron chi connectivity index (χ0n) is 16.1. The highest BCUT2D eigenvalue weighted by atomic mass is 16.5. The molecule has 2 N–H and O–H groups in total. The molecule has 1 aromatic rings. The number of hydrogen-bond acceptors (Lipinski definition) is 7. The van der Waals surface area contributed by atoms with E-state index in [4.69, 9.17) is 4.74 Å². The third-order valence-electron chi connectivity index (χ3n) is 5.30. The maximum atomic E-state index is 12.0. The molecule has 2 fully saturated rings. The van der Waals surface area contributed by atoms with E-state index in [1.165, 1.54) is 6.07 Å². The average Bonchev–Trinajstić information content (AvgIpc) is 3.23. The standard InChI is InChI=1S/C19H27N5O4/c1-13-6-2-3-7-14(13)20-19(27)21-17(25)12-28-18(26)15-8-9-16(23-22-15)24-10-4-5-11-24/h8-9,13-14H,2-7,10-12H2,1H3,(H2,20,21,25,27). The Balaban J connectivity index is 1.41. The highest BCUT2D eigenvalue weighted by molar-refractivity contribution is 5.96. The van der Waals surface area contributed by atoms with Crippen molar-refractivity contribution < 1.29 is 19.1 Å². The largest absolute Gasteiger partial charge is 0.451 e. The van der Waals surface area contributed by atoms with E-state index in [1.54, 1.807) is 6.07 Å². The third kappa shape index (κ3) is 5.40. The minimum absolute atomic E-state index is 0.0243. The summed E-state index contributed by atoms with van der Waals surface area (Å²) in [5, 5.41) is 12.9. The lowest BCUT2D eigenvalue weighted by Gasteiger charge is -2.29. The Hall–Kier alpha value is -2.71. The van der Waals surface area contributed by atoms with Gasteiger partial charge in [-0.05, 0) is 43.7 Å². The first kappa shape index (κ1) is 20.0. The zero-order chi connectivity index (χ0) is 19.9. The van der Waals surface area contributed by atoms with Gasteiger partial charge in [-0.1, -0.05) is 19.8 Å². The predicted octanol–water partition coefficient (Wildman–Crippen LogP) is 1.64. The Morgan fingerprint density at radius 2 is 1.86 bits per heavy atom. The lowest BCUT2D eigenvalue weighted by Crippen LogP contribution is -2.48. The Labute approximate surface area is 164 Å². The van der Waals surface area contributed by atoms with Crippen LogP contribution in [-0.2, 0) is 9.53 Å². The fourth-order valence-electron chi connectivity index (χ4n) is 3.65. The number of nitrogens with one attached hydrogen (secondary N) is 2. The monoisotopic (exact) mass is 389 g/mol. The molecule has 2 unspecified atom stereocenters. The fraction of sp³-hybridized carbons (Fsp3) is 0.632. The highest BCUT2D eigenvalue weighted by Crippen LogP contribution is 2.23. The van der Waals surface area contributed by atoms with Crippen LogP contribution >= 0.6 is 0 Å². The molecule has 28 heavy (non-hydrogen) atoms. The summed E-state index contributed by atoms with van der Waals surface area (Å²) in [5.41, 5.74) is 0.0243. The van der Waals surface area contributed by atoms with Crippen molar-refractivity contribution in [2.24, 2.45) is 5.92 Å². The molecular weight excluding hydrogens is 362 g/mol. The van der Waals surface area contributed by atoms with Crippen LogP contribution in [0.5, 0.6) is 0 Å². The van der Waals surface area contributed by atoms with Crippen molar-refractivity contribution in [3.63, 3.8) is 0 Å². The molecule has 152 valence electrons. The molecule has 1 aliphatic carbocycles. The number of nitrogens with zero attached hydrogens (tertiary/aromatic N) is 3. The molecular formula is C19H27N5O4. The van der Waals surface area contributed by atoms with Crippen molar-refractivity contribution >= 4 is 23.7 Å². The second kappa shape index (κ2) is 9.48. The summed E-state index contributed by atoms with van der Waals surface area (Å²) in [6, 6.07) is 2.74. The molecule has 2 heterocycles. The summed E-state index contributed by atoms with van der Waals surface area (Å²) in [6.07, 6.45) is 6.44. The molecule has 3 rings (SSSR count). The number of carbonyl (C=O) groups excluding carboxylic acids is 3. The molecule has 0 radical (unpaired) electrons. The minimum atomic E-state index is -0.753. The van der Waals surface area contributed by atoms with E-state index in [9.17, 15) is 14.4 Å². The number of imide groups is 1. The number of ether oxygens (including phenoxy) is 1. The first-order valence-corrected chi connectivity index (χ1v) is 9.89. The van der Waals surface area contributed by atoms with Crippen LogP contribution < -0.4 is 15.5 Å². The van der Waals surface area contributed by atoms with E-state index in [0.29, 0.717) is 5.92 Å². The second-order valence-corrected chi connectivity index (χ2v) is 7.44. The lowest BCUT2D eigenvalue weighted by molar-refractivity contribution is -0.123. The number of urea groups is 1. The third-order valence-corrected chi connectivity index (χ3v) is 5.30. The topological polar surface area (TPSA) is 114 Å². The van der Waals surface area contributed by atoms with E-state index in [-0.39, 0.29) is 11.7 Å². The quantitative estimate of drug-likeness (QED) is 0.736. The molecule has 1 saturated heterocycles. The maximum absolute atomic E-state index is 12.0. The molecule has 1 aliphatic heterocycles. The van der Waals surface area contributed by atoms with Gasteiger partial charge in [-0.15, -0.1) is 10.2 Å². The molecule has 0 spiro atoms. The highest BCUT2D eigenvalue weighted by Gasteiger charge is 2.23. The van der Waals surface area contributed by atoms with Gasteiger partial charge in [0.05, 0.1) is 0 Å². The predicted molar refractivity (Wildman–Crippen MR) is 102 cm³/mol. The number of anilines is 1. The van der Waals surface area contributed by atoms with Crippen LogP contribution in [0, 0.1) is 5.92 Å². The van der Waals surface area contributed by atoms with E-state index >= 15 is 0 Å². The van der Waals surface area contributed by atoms with Gasteiger partial charge in [-0.25, -0.2) is 9.59 Å². The van der Waals surface area contributed by atoms with E-state index in [1.807, 2.05) is 0 Å².